The third-order valence-electron chi connectivity index (χ3n) is 5.78. The molecule has 1 aliphatic rings. The zero-order valence-electron chi connectivity index (χ0n) is 18.9. The summed E-state index contributed by atoms with van der Waals surface area (Å²) in [7, 11) is 0. The van der Waals surface area contributed by atoms with E-state index in [1.807, 2.05) is 31.7 Å². The Morgan fingerprint density at radius 3 is 2.65 bits per heavy atom. The first-order chi connectivity index (χ1) is 14.7. The molecule has 31 heavy (non-hydrogen) atoms. The summed E-state index contributed by atoms with van der Waals surface area (Å²) in [4.78, 5) is 26.5. The Bertz CT molecular complexity index is 934. The number of rotatable bonds is 6. The van der Waals surface area contributed by atoms with Crippen molar-refractivity contribution < 1.29 is 9.18 Å². The molecule has 0 spiro atoms. The zero-order chi connectivity index (χ0) is 22.6. The van der Waals surface area contributed by atoms with E-state index in [4.69, 9.17) is 16.6 Å². The predicted molar refractivity (Wildman–Crippen MR) is 123 cm³/mol. The van der Waals surface area contributed by atoms with E-state index in [0.717, 1.165) is 47.8 Å². The molecule has 1 aromatic carbocycles. The van der Waals surface area contributed by atoms with Gasteiger partial charge in [0.05, 0.1) is 5.41 Å². The van der Waals surface area contributed by atoms with Crippen LogP contribution >= 0.6 is 11.6 Å². The van der Waals surface area contributed by atoms with E-state index in [9.17, 15) is 9.18 Å². The SMILES string of the molecule is CCc1nc(C)nc(N2CCCN(C(=O)C(C)(C)CCl)CC2)c1Cc1cccc(F)c1. The molecule has 0 N–H and O–H groups in total. The van der Waals surface area contributed by atoms with Gasteiger partial charge in [0.15, 0.2) is 0 Å². The minimum absolute atomic E-state index is 0.0949. The summed E-state index contributed by atoms with van der Waals surface area (Å²) in [6.45, 7) is 10.6. The van der Waals surface area contributed by atoms with E-state index >= 15 is 0 Å². The smallest absolute Gasteiger partial charge is 0.229 e. The molecule has 7 heteroatoms. The number of aromatic nitrogens is 2. The highest BCUT2D eigenvalue weighted by Gasteiger charge is 2.32. The van der Waals surface area contributed by atoms with Crippen LogP contribution in [0.4, 0.5) is 10.2 Å². The molecule has 0 saturated carbocycles. The number of anilines is 1. The summed E-state index contributed by atoms with van der Waals surface area (Å²) in [6.07, 6.45) is 2.21. The van der Waals surface area contributed by atoms with E-state index in [0.29, 0.717) is 31.9 Å². The Morgan fingerprint density at radius 1 is 1.19 bits per heavy atom. The second-order valence-corrected chi connectivity index (χ2v) is 9.10. The number of hydrogen-bond donors (Lipinski definition) is 0. The molecule has 0 radical (unpaired) electrons. The Kier molecular flexibility index (Phi) is 7.52. The number of alkyl halides is 1. The summed E-state index contributed by atoms with van der Waals surface area (Å²) >= 11 is 6.03. The van der Waals surface area contributed by atoms with Crippen molar-refractivity contribution in [2.24, 2.45) is 5.41 Å². The number of halogens is 2. The zero-order valence-corrected chi connectivity index (χ0v) is 19.7. The van der Waals surface area contributed by atoms with Gasteiger partial charge >= 0.3 is 0 Å². The molecule has 3 rings (SSSR count). The van der Waals surface area contributed by atoms with Crippen molar-refractivity contribution in [3.8, 4) is 0 Å². The molecule has 0 bridgehead atoms. The van der Waals surface area contributed by atoms with Crippen LogP contribution in [0.5, 0.6) is 0 Å². The maximum Gasteiger partial charge on any atom is 0.229 e. The highest BCUT2D eigenvalue weighted by atomic mass is 35.5. The fourth-order valence-electron chi connectivity index (χ4n) is 4.04. The maximum absolute atomic E-state index is 13.8. The van der Waals surface area contributed by atoms with E-state index in [-0.39, 0.29) is 11.7 Å². The minimum atomic E-state index is -0.569. The molecule has 168 valence electrons. The van der Waals surface area contributed by atoms with Gasteiger partial charge in [0.1, 0.15) is 17.5 Å². The standard InChI is InChI=1S/C24H32ClFN4O/c1-5-21-20(15-18-8-6-9-19(26)14-18)22(28-17(2)27-21)29-10-7-11-30(13-12-29)23(31)24(3,4)16-25/h6,8-9,14H,5,7,10-13,15-16H2,1-4H3. The van der Waals surface area contributed by atoms with Crippen molar-refractivity contribution in [3.63, 3.8) is 0 Å². The largest absolute Gasteiger partial charge is 0.354 e. The second-order valence-electron chi connectivity index (χ2n) is 8.83. The molecule has 1 aromatic heterocycles. The van der Waals surface area contributed by atoms with Gasteiger partial charge in [0, 0.05) is 49.7 Å². The number of carbonyl (C=O) groups excluding carboxylic acids is 1. The fraction of sp³-hybridized carbons (Fsp3) is 0.542. The molecular formula is C24H32ClFN4O. The van der Waals surface area contributed by atoms with Crippen molar-refractivity contribution >= 4 is 23.3 Å². The van der Waals surface area contributed by atoms with Crippen LogP contribution in [0, 0.1) is 18.2 Å². The van der Waals surface area contributed by atoms with Crippen molar-refractivity contribution in [2.75, 3.05) is 37.0 Å². The van der Waals surface area contributed by atoms with Gasteiger partial charge in [0.25, 0.3) is 0 Å². The molecule has 1 saturated heterocycles. The van der Waals surface area contributed by atoms with E-state index in [1.165, 1.54) is 6.07 Å². The Labute approximate surface area is 189 Å². The fourth-order valence-corrected chi connectivity index (χ4v) is 4.16. The van der Waals surface area contributed by atoms with Crippen LogP contribution in [-0.4, -0.2) is 52.8 Å². The van der Waals surface area contributed by atoms with Gasteiger partial charge in [0.2, 0.25) is 5.91 Å². The topological polar surface area (TPSA) is 49.3 Å². The van der Waals surface area contributed by atoms with Gasteiger partial charge in [-0.15, -0.1) is 11.6 Å². The Morgan fingerprint density at radius 2 is 1.97 bits per heavy atom. The first kappa shape index (κ1) is 23.5. The molecular weight excluding hydrogens is 415 g/mol. The monoisotopic (exact) mass is 446 g/mol. The van der Waals surface area contributed by atoms with Crippen molar-refractivity contribution in [2.45, 2.75) is 47.0 Å². The van der Waals surface area contributed by atoms with Gasteiger partial charge < -0.3 is 9.80 Å². The highest BCUT2D eigenvalue weighted by Crippen LogP contribution is 2.27. The highest BCUT2D eigenvalue weighted by molar-refractivity contribution is 6.19. The van der Waals surface area contributed by atoms with E-state index in [2.05, 4.69) is 16.8 Å². The summed E-state index contributed by atoms with van der Waals surface area (Å²) in [5.74, 6) is 1.79. The average Bonchev–Trinajstić information content (AvgIpc) is 3.00. The van der Waals surface area contributed by atoms with Crippen LogP contribution in [0.3, 0.4) is 0 Å². The lowest BCUT2D eigenvalue weighted by Crippen LogP contribution is -2.43. The normalized spacial score (nSPS) is 15.2. The number of nitrogens with zero attached hydrogens (tertiary/aromatic N) is 4. The Hall–Kier alpha value is -2.21. The lowest BCUT2D eigenvalue weighted by atomic mass is 9.94. The van der Waals surface area contributed by atoms with Crippen LogP contribution in [0.15, 0.2) is 24.3 Å². The molecule has 0 aliphatic carbocycles. The summed E-state index contributed by atoms with van der Waals surface area (Å²) < 4.78 is 13.8. The minimum Gasteiger partial charge on any atom is -0.354 e. The lowest BCUT2D eigenvalue weighted by molar-refractivity contribution is -0.139. The van der Waals surface area contributed by atoms with Crippen LogP contribution in [-0.2, 0) is 17.6 Å². The molecule has 0 atom stereocenters. The molecule has 2 heterocycles. The number of aryl methyl sites for hydroxylation is 2. The number of hydrogen-bond acceptors (Lipinski definition) is 4. The molecule has 2 aromatic rings. The van der Waals surface area contributed by atoms with Crippen molar-refractivity contribution in [1.29, 1.82) is 0 Å². The summed E-state index contributed by atoms with van der Waals surface area (Å²) in [5.41, 5.74) is 2.37. The van der Waals surface area contributed by atoms with Crippen molar-refractivity contribution in [1.82, 2.24) is 14.9 Å². The quantitative estimate of drug-likeness (QED) is 0.618. The third-order valence-corrected chi connectivity index (χ3v) is 6.45. The molecule has 1 aliphatic heterocycles. The number of benzene rings is 1. The average molecular weight is 447 g/mol. The summed E-state index contributed by atoms with van der Waals surface area (Å²) in [6, 6.07) is 6.70. The van der Waals surface area contributed by atoms with Gasteiger partial charge in [-0.2, -0.15) is 0 Å². The van der Waals surface area contributed by atoms with Crippen LogP contribution in [0.1, 0.15) is 49.8 Å². The van der Waals surface area contributed by atoms with E-state index < -0.39 is 5.41 Å². The molecule has 1 amide bonds. The number of carbonyl (C=O) groups is 1. The van der Waals surface area contributed by atoms with Gasteiger partial charge in [-0.3, -0.25) is 4.79 Å². The van der Waals surface area contributed by atoms with Crippen LogP contribution in [0.2, 0.25) is 0 Å². The predicted octanol–water partition coefficient (Wildman–Crippen LogP) is 4.38. The first-order valence-corrected chi connectivity index (χ1v) is 11.5. The third kappa shape index (κ3) is 5.53. The van der Waals surface area contributed by atoms with Crippen LogP contribution in [0.25, 0.3) is 0 Å². The van der Waals surface area contributed by atoms with E-state index in [1.54, 1.807) is 12.1 Å². The maximum atomic E-state index is 13.8. The first-order valence-electron chi connectivity index (χ1n) is 11.0. The second kappa shape index (κ2) is 9.94. The Balaban J connectivity index is 1.89. The van der Waals surface area contributed by atoms with Crippen molar-refractivity contribution in [3.05, 3.63) is 52.7 Å². The van der Waals surface area contributed by atoms with Crippen LogP contribution < -0.4 is 4.90 Å². The molecule has 1 fully saturated rings. The van der Waals surface area contributed by atoms with Gasteiger partial charge in [-0.1, -0.05) is 19.1 Å². The molecule has 0 unspecified atom stereocenters. The van der Waals surface area contributed by atoms with Gasteiger partial charge in [-0.05, 0) is 51.3 Å². The van der Waals surface area contributed by atoms with Gasteiger partial charge in [-0.25, -0.2) is 14.4 Å². The number of amides is 1. The molecule has 5 nitrogen and oxygen atoms in total. The lowest BCUT2D eigenvalue weighted by Gasteiger charge is -2.30. The summed E-state index contributed by atoms with van der Waals surface area (Å²) in [5, 5.41) is 0.